The molecule has 0 heterocycles. The van der Waals surface area contributed by atoms with Gasteiger partial charge in [-0.3, -0.25) is 4.79 Å². The first-order valence-corrected chi connectivity index (χ1v) is 7.54. The minimum absolute atomic E-state index is 0. The molecule has 1 rings (SSSR count). The zero-order valence-corrected chi connectivity index (χ0v) is 14.3. The van der Waals surface area contributed by atoms with Gasteiger partial charge in [0.1, 0.15) is 0 Å². The predicted octanol–water partition coefficient (Wildman–Crippen LogP) is 3.68. The van der Waals surface area contributed by atoms with E-state index in [-0.39, 0.29) is 23.9 Å². The van der Waals surface area contributed by atoms with Crippen LogP contribution in [-0.4, -0.2) is 12.5 Å². The van der Waals surface area contributed by atoms with Crippen LogP contribution in [0.4, 0.5) is 0 Å². The van der Waals surface area contributed by atoms with E-state index >= 15 is 0 Å². The number of halogens is 1. The van der Waals surface area contributed by atoms with Crippen LogP contribution >= 0.6 is 12.4 Å². The van der Waals surface area contributed by atoms with Gasteiger partial charge in [-0.2, -0.15) is 0 Å². The lowest BCUT2D eigenvalue weighted by Gasteiger charge is -2.27. The lowest BCUT2D eigenvalue weighted by molar-refractivity contribution is -0.122. The van der Waals surface area contributed by atoms with Gasteiger partial charge in [-0.15, -0.1) is 12.4 Å². The topological polar surface area (TPSA) is 55.1 Å². The molecule has 0 aliphatic heterocycles. The fraction of sp³-hybridized carbons (Fsp3) is 0.588. The second kappa shape index (κ2) is 9.80. The highest BCUT2D eigenvalue weighted by atomic mass is 35.5. The molecule has 120 valence electrons. The van der Waals surface area contributed by atoms with Gasteiger partial charge in [-0.05, 0) is 45.7 Å². The fourth-order valence-corrected chi connectivity index (χ4v) is 2.30. The second-order valence-electron chi connectivity index (χ2n) is 6.00. The summed E-state index contributed by atoms with van der Waals surface area (Å²) in [5.41, 5.74) is 7.49. The first kappa shape index (κ1) is 19.9. The van der Waals surface area contributed by atoms with Crippen LogP contribution in [0.1, 0.15) is 57.1 Å². The number of unbranched alkanes of at least 4 members (excludes halogenated alkanes) is 3. The maximum absolute atomic E-state index is 12.0. The van der Waals surface area contributed by atoms with Crippen molar-refractivity contribution < 1.29 is 4.79 Å². The second-order valence-corrected chi connectivity index (χ2v) is 6.00. The number of carbonyl (C=O) groups excluding carboxylic acids is 1. The van der Waals surface area contributed by atoms with Crippen LogP contribution < -0.4 is 11.1 Å². The van der Waals surface area contributed by atoms with Gasteiger partial charge in [-0.25, -0.2) is 0 Å². The van der Waals surface area contributed by atoms with E-state index < -0.39 is 0 Å². The van der Waals surface area contributed by atoms with Crippen molar-refractivity contribution in [2.45, 2.75) is 58.4 Å². The molecule has 3 N–H and O–H groups in total. The molecular formula is C17H29ClN2O. The van der Waals surface area contributed by atoms with Crippen molar-refractivity contribution in [2.24, 2.45) is 5.73 Å². The number of nitrogens with one attached hydrogen (secondary N) is 1. The van der Waals surface area contributed by atoms with E-state index in [1.54, 1.807) is 0 Å². The van der Waals surface area contributed by atoms with E-state index in [0.717, 1.165) is 37.8 Å². The van der Waals surface area contributed by atoms with Gasteiger partial charge in [0, 0.05) is 6.42 Å². The van der Waals surface area contributed by atoms with E-state index in [4.69, 9.17) is 5.73 Å². The molecule has 0 aliphatic rings. The highest BCUT2D eigenvalue weighted by Crippen LogP contribution is 2.21. The summed E-state index contributed by atoms with van der Waals surface area (Å²) < 4.78 is 0. The maximum atomic E-state index is 12.0. The molecule has 0 bridgehead atoms. The SMILES string of the molecule is Cc1cccc(C(C)(C)NC(=O)CCCCCCN)c1.Cl. The van der Waals surface area contributed by atoms with Gasteiger partial charge < -0.3 is 11.1 Å². The standard InChI is InChI=1S/C17H28N2O.ClH/c1-14-9-8-10-15(13-14)17(2,3)19-16(20)11-6-4-5-7-12-18;/h8-10,13H,4-7,11-12,18H2,1-3H3,(H,19,20);1H. The summed E-state index contributed by atoms with van der Waals surface area (Å²) in [4.78, 5) is 12.0. The molecule has 1 aromatic carbocycles. The van der Waals surface area contributed by atoms with Crippen LogP contribution in [0.5, 0.6) is 0 Å². The molecule has 0 saturated carbocycles. The average molecular weight is 313 g/mol. The third-order valence-electron chi connectivity index (χ3n) is 3.55. The number of carbonyl (C=O) groups is 1. The number of hydrogen-bond donors (Lipinski definition) is 2. The van der Waals surface area contributed by atoms with Crippen LogP contribution in [0.3, 0.4) is 0 Å². The molecule has 4 heteroatoms. The molecule has 1 aromatic rings. The quantitative estimate of drug-likeness (QED) is 0.719. The molecule has 0 saturated heterocycles. The summed E-state index contributed by atoms with van der Waals surface area (Å²) in [6.45, 7) is 6.91. The van der Waals surface area contributed by atoms with Crippen molar-refractivity contribution >= 4 is 18.3 Å². The predicted molar refractivity (Wildman–Crippen MR) is 91.7 cm³/mol. The number of nitrogens with two attached hydrogens (primary N) is 1. The highest BCUT2D eigenvalue weighted by molar-refractivity contribution is 5.85. The third-order valence-corrected chi connectivity index (χ3v) is 3.55. The van der Waals surface area contributed by atoms with Gasteiger partial charge >= 0.3 is 0 Å². The van der Waals surface area contributed by atoms with Crippen molar-refractivity contribution in [2.75, 3.05) is 6.54 Å². The summed E-state index contributed by atoms with van der Waals surface area (Å²) in [5, 5.41) is 3.13. The van der Waals surface area contributed by atoms with Crippen LogP contribution in [-0.2, 0) is 10.3 Å². The molecule has 0 spiro atoms. The third kappa shape index (κ3) is 7.49. The summed E-state index contributed by atoms with van der Waals surface area (Å²) in [6.07, 6.45) is 4.78. The molecule has 21 heavy (non-hydrogen) atoms. The lowest BCUT2D eigenvalue weighted by atomic mass is 9.92. The van der Waals surface area contributed by atoms with Crippen molar-refractivity contribution in [3.05, 3.63) is 35.4 Å². The van der Waals surface area contributed by atoms with Crippen LogP contribution in [0.15, 0.2) is 24.3 Å². The van der Waals surface area contributed by atoms with Crippen molar-refractivity contribution in [1.29, 1.82) is 0 Å². The maximum Gasteiger partial charge on any atom is 0.220 e. The van der Waals surface area contributed by atoms with E-state index in [1.807, 2.05) is 19.9 Å². The van der Waals surface area contributed by atoms with Crippen LogP contribution in [0.2, 0.25) is 0 Å². The molecule has 3 nitrogen and oxygen atoms in total. The van der Waals surface area contributed by atoms with Gasteiger partial charge in [0.2, 0.25) is 5.91 Å². The van der Waals surface area contributed by atoms with E-state index in [1.165, 1.54) is 5.56 Å². The Morgan fingerprint density at radius 1 is 1.19 bits per heavy atom. The minimum atomic E-state index is -0.319. The summed E-state index contributed by atoms with van der Waals surface area (Å²) >= 11 is 0. The van der Waals surface area contributed by atoms with Crippen molar-refractivity contribution in [3.63, 3.8) is 0 Å². The molecule has 0 unspecified atom stereocenters. The fourth-order valence-electron chi connectivity index (χ4n) is 2.30. The number of aryl methyl sites for hydroxylation is 1. The molecular weight excluding hydrogens is 284 g/mol. The smallest absolute Gasteiger partial charge is 0.220 e. The summed E-state index contributed by atoms with van der Waals surface area (Å²) in [6, 6.07) is 8.29. The number of benzene rings is 1. The normalized spacial score (nSPS) is 10.9. The Kier molecular flexibility index (Phi) is 9.31. The molecule has 0 atom stereocenters. The Bertz CT molecular complexity index is 433. The van der Waals surface area contributed by atoms with Crippen molar-refractivity contribution in [3.8, 4) is 0 Å². The zero-order chi connectivity index (χ0) is 15.0. The molecule has 1 amide bonds. The largest absolute Gasteiger partial charge is 0.347 e. The van der Waals surface area contributed by atoms with E-state index in [9.17, 15) is 4.79 Å². The lowest BCUT2D eigenvalue weighted by Crippen LogP contribution is -2.40. The molecule has 0 aliphatic carbocycles. The Morgan fingerprint density at radius 3 is 2.48 bits per heavy atom. The van der Waals surface area contributed by atoms with Crippen LogP contribution in [0.25, 0.3) is 0 Å². The van der Waals surface area contributed by atoms with Gasteiger partial charge in [0.15, 0.2) is 0 Å². The number of hydrogen-bond acceptors (Lipinski definition) is 2. The Balaban J connectivity index is 0.00000400. The van der Waals surface area contributed by atoms with Crippen molar-refractivity contribution in [1.82, 2.24) is 5.32 Å². The Morgan fingerprint density at radius 2 is 1.86 bits per heavy atom. The first-order valence-electron chi connectivity index (χ1n) is 7.54. The van der Waals surface area contributed by atoms with Gasteiger partial charge in [0.25, 0.3) is 0 Å². The summed E-state index contributed by atoms with van der Waals surface area (Å²) in [7, 11) is 0. The van der Waals surface area contributed by atoms with E-state index in [2.05, 4.69) is 30.4 Å². The number of rotatable bonds is 8. The van der Waals surface area contributed by atoms with Gasteiger partial charge in [0.05, 0.1) is 5.54 Å². The minimum Gasteiger partial charge on any atom is -0.347 e. The highest BCUT2D eigenvalue weighted by Gasteiger charge is 2.22. The summed E-state index contributed by atoms with van der Waals surface area (Å²) in [5.74, 6) is 0.129. The Labute approximate surface area is 135 Å². The average Bonchev–Trinajstić information content (AvgIpc) is 2.38. The number of amides is 1. The monoisotopic (exact) mass is 312 g/mol. The van der Waals surface area contributed by atoms with Crippen LogP contribution in [0, 0.1) is 6.92 Å². The first-order chi connectivity index (χ1) is 9.45. The molecule has 0 fully saturated rings. The Hall–Kier alpha value is -1.06. The zero-order valence-electron chi connectivity index (χ0n) is 13.4. The van der Waals surface area contributed by atoms with Gasteiger partial charge in [-0.1, -0.05) is 42.7 Å². The molecule has 0 radical (unpaired) electrons. The van der Waals surface area contributed by atoms with E-state index in [0.29, 0.717) is 6.42 Å². The molecule has 0 aromatic heterocycles.